The Morgan fingerprint density at radius 1 is 1.05 bits per heavy atom. The van der Waals surface area contributed by atoms with Crippen LogP contribution in [0.1, 0.15) is 55.0 Å². The molecule has 3 amide bonds. The fourth-order valence-corrected chi connectivity index (χ4v) is 9.90. The molecule has 0 saturated carbocycles. The van der Waals surface area contributed by atoms with Gasteiger partial charge < -0.3 is 29.3 Å². The highest BCUT2D eigenvalue weighted by Crippen LogP contribution is 2.62. The summed E-state index contributed by atoms with van der Waals surface area (Å²) >= 11 is 10.5. The van der Waals surface area contributed by atoms with Crippen molar-refractivity contribution in [2.45, 2.75) is 73.9 Å². The number of allylic oxidation sites excluding steroid dienone is 1. The molecular formula is C43H47BrClN3O7. The number of aliphatic hydroxyl groups is 1. The molecule has 6 rings (SSSR count). The molecule has 10 nitrogen and oxygen atoms in total. The maximum Gasteiger partial charge on any atom is 0.313 e. The molecule has 0 aliphatic carbocycles. The highest BCUT2D eigenvalue weighted by atomic mass is 79.9. The SMILES string of the molecule is C=CCCC(=O)N(C)[C@H](C)[C@H](OC(=O)[C@@H]1[C@H]2O[C@@]3(CC2Br)[C@H](C(=O)N(CC=C)c2c(C)cccc2Cl)N([C@H](CO)c2ccccc2)C(=O)[C@@H]13)c1ccccc1. The predicted octanol–water partition coefficient (Wildman–Crippen LogP) is 6.75. The number of anilines is 1. The third-order valence-electron chi connectivity index (χ3n) is 11.3. The lowest BCUT2D eigenvalue weighted by Crippen LogP contribution is -2.57. The monoisotopic (exact) mass is 831 g/mol. The Morgan fingerprint density at radius 3 is 2.31 bits per heavy atom. The smallest absolute Gasteiger partial charge is 0.313 e. The lowest BCUT2D eigenvalue weighted by atomic mass is 9.70. The quantitative estimate of drug-likeness (QED) is 0.102. The summed E-state index contributed by atoms with van der Waals surface area (Å²) in [7, 11) is 1.67. The predicted molar refractivity (Wildman–Crippen MR) is 214 cm³/mol. The van der Waals surface area contributed by atoms with Crippen molar-refractivity contribution in [3.05, 3.63) is 126 Å². The molecule has 1 spiro atoms. The van der Waals surface area contributed by atoms with Crippen molar-refractivity contribution in [3.63, 3.8) is 0 Å². The van der Waals surface area contributed by atoms with Crippen molar-refractivity contribution in [1.29, 1.82) is 0 Å². The standard InChI is InChI=1S/C43H47BrClN3O7/c1-6-8-22-33(50)46(5)27(4)37(29-19-13-10-14-20-29)54-42(53)34-35-40(51)48(32(25-49)28-17-11-9-12-18-28)39(43(35)24-30(44)38(34)55-43)41(52)47(23-7-2)36-26(3)16-15-21-31(36)45/h6-7,9-21,27,30,32,34-35,37-39,49H,1-2,8,22-25H2,3-5H3/t27-,30?,32-,34+,35-,37+,38+,39+,43-/m1/s1. The Balaban J connectivity index is 1.44. The van der Waals surface area contributed by atoms with E-state index >= 15 is 9.59 Å². The summed E-state index contributed by atoms with van der Waals surface area (Å²) in [6, 6.07) is 20.7. The zero-order valence-electron chi connectivity index (χ0n) is 31.2. The fourth-order valence-electron chi connectivity index (χ4n) is 8.64. The third kappa shape index (κ3) is 7.28. The Morgan fingerprint density at radius 2 is 1.71 bits per heavy atom. The first-order valence-corrected chi connectivity index (χ1v) is 19.8. The van der Waals surface area contributed by atoms with Gasteiger partial charge in [-0.25, -0.2) is 0 Å². The van der Waals surface area contributed by atoms with Gasteiger partial charge in [0.1, 0.15) is 17.7 Å². The lowest BCUT2D eigenvalue weighted by molar-refractivity contribution is -0.165. The van der Waals surface area contributed by atoms with E-state index in [1.807, 2.05) is 56.3 Å². The van der Waals surface area contributed by atoms with Crippen LogP contribution >= 0.6 is 27.5 Å². The molecule has 3 aliphatic rings. The van der Waals surface area contributed by atoms with Crippen molar-refractivity contribution in [2.75, 3.05) is 25.1 Å². The maximum atomic E-state index is 15.3. The van der Waals surface area contributed by atoms with Gasteiger partial charge in [0.05, 0.1) is 47.3 Å². The normalized spacial score (nSPS) is 25.5. The van der Waals surface area contributed by atoms with E-state index in [4.69, 9.17) is 21.1 Å². The number of aliphatic hydroxyl groups excluding tert-OH is 1. The number of fused-ring (bicyclic) bond motifs is 1. The molecule has 1 unspecified atom stereocenters. The number of esters is 1. The van der Waals surface area contributed by atoms with Gasteiger partial charge in [-0.15, -0.1) is 13.2 Å². The van der Waals surface area contributed by atoms with Crippen LogP contribution in [0.2, 0.25) is 5.02 Å². The number of alkyl halides is 1. The molecule has 3 aliphatic heterocycles. The summed E-state index contributed by atoms with van der Waals surface area (Å²) in [6.45, 7) is 10.9. The second-order valence-corrected chi connectivity index (χ2v) is 16.1. The summed E-state index contributed by atoms with van der Waals surface area (Å²) < 4.78 is 13.2. The average Bonchev–Trinajstić information content (AvgIpc) is 3.79. The van der Waals surface area contributed by atoms with Crippen LogP contribution in [0.5, 0.6) is 0 Å². The number of likely N-dealkylation sites (N-methyl/N-ethyl adjacent to an activating group) is 1. The summed E-state index contributed by atoms with van der Waals surface area (Å²) in [5.74, 6) is -4.03. The molecule has 1 N–H and O–H groups in total. The Hall–Kier alpha value is -4.29. The van der Waals surface area contributed by atoms with Gasteiger partial charge in [-0.3, -0.25) is 19.2 Å². The number of nitrogens with zero attached hydrogens (tertiary/aromatic N) is 3. The van der Waals surface area contributed by atoms with Gasteiger partial charge in [-0.2, -0.15) is 0 Å². The first-order valence-electron chi connectivity index (χ1n) is 18.5. The number of hydrogen-bond acceptors (Lipinski definition) is 7. The maximum absolute atomic E-state index is 15.3. The minimum Gasteiger partial charge on any atom is -0.455 e. The van der Waals surface area contributed by atoms with Crippen LogP contribution in [0.4, 0.5) is 5.69 Å². The van der Waals surface area contributed by atoms with Crippen LogP contribution in [0.25, 0.3) is 0 Å². The number of hydrogen-bond donors (Lipinski definition) is 1. The fraction of sp³-hybridized carbons (Fsp3) is 0.395. The molecular weight excluding hydrogens is 786 g/mol. The van der Waals surface area contributed by atoms with Gasteiger partial charge in [0.2, 0.25) is 11.8 Å². The van der Waals surface area contributed by atoms with Crippen molar-refractivity contribution in [3.8, 4) is 0 Å². The topological polar surface area (TPSA) is 117 Å². The van der Waals surface area contributed by atoms with E-state index in [-0.39, 0.29) is 25.3 Å². The lowest BCUT2D eigenvalue weighted by Gasteiger charge is -2.40. The van der Waals surface area contributed by atoms with E-state index in [2.05, 4.69) is 29.1 Å². The number of carbonyl (C=O) groups is 4. The first-order chi connectivity index (χ1) is 26.4. The van der Waals surface area contributed by atoms with Crippen LogP contribution in [-0.2, 0) is 28.7 Å². The molecule has 3 fully saturated rings. The van der Waals surface area contributed by atoms with Gasteiger partial charge in [-0.1, -0.05) is 112 Å². The van der Waals surface area contributed by atoms with E-state index in [1.165, 1.54) is 9.80 Å². The number of amides is 3. The van der Waals surface area contributed by atoms with Crippen molar-refractivity contribution in [2.24, 2.45) is 11.8 Å². The van der Waals surface area contributed by atoms with Gasteiger partial charge in [0, 0.05) is 24.8 Å². The van der Waals surface area contributed by atoms with E-state index in [0.717, 1.165) is 5.56 Å². The number of rotatable bonds is 15. The molecule has 0 radical (unpaired) electrons. The number of ether oxygens (including phenoxy) is 2. The Labute approximate surface area is 335 Å². The largest absolute Gasteiger partial charge is 0.455 e. The molecule has 2 bridgehead atoms. The second kappa shape index (κ2) is 16.8. The minimum absolute atomic E-state index is 0.0696. The summed E-state index contributed by atoms with van der Waals surface area (Å²) in [6.07, 6.45) is 2.55. The highest BCUT2D eigenvalue weighted by Gasteiger charge is 2.78. The van der Waals surface area contributed by atoms with E-state index in [1.54, 1.807) is 60.5 Å². The van der Waals surface area contributed by atoms with Gasteiger partial charge in [0.15, 0.2) is 0 Å². The van der Waals surface area contributed by atoms with Crippen LogP contribution in [0.15, 0.2) is 104 Å². The van der Waals surface area contributed by atoms with Crippen LogP contribution in [0.3, 0.4) is 0 Å². The number of carbonyl (C=O) groups excluding carboxylic acids is 4. The second-order valence-electron chi connectivity index (χ2n) is 14.5. The van der Waals surface area contributed by atoms with Crippen molar-refractivity contribution < 1.29 is 33.8 Å². The van der Waals surface area contributed by atoms with Crippen LogP contribution in [-0.4, -0.2) is 87.4 Å². The van der Waals surface area contributed by atoms with E-state index < -0.39 is 77.0 Å². The Kier molecular flexibility index (Phi) is 12.4. The summed E-state index contributed by atoms with van der Waals surface area (Å²) in [5, 5.41) is 11.3. The molecule has 3 aromatic carbocycles. The molecule has 55 heavy (non-hydrogen) atoms. The van der Waals surface area contributed by atoms with Crippen LogP contribution < -0.4 is 4.90 Å². The Bertz CT molecular complexity index is 1910. The zero-order valence-corrected chi connectivity index (χ0v) is 33.6. The number of likely N-dealkylation sites (tertiary alicyclic amines) is 1. The number of halogens is 2. The highest BCUT2D eigenvalue weighted by molar-refractivity contribution is 9.09. The van der Waals surface area contributed by atoms with Gasteiger partial charge in [-0.05, 0) is 49.4 Å². The minimum atomic E-state index is -1.47. The van der Waals surface area contributed by atoms with E-state index in [9.17, 15) is 14.7 Å². The molecule has 9 atom stereocenters. The molecule has 12 heteroatoms. The third-order valence-corrected chi connectivity index (χ3v) is 12.5. The van der Waals surface area contributed by atoms with Crippen molar-refractivity contribution in [1.82, 2.24) is 9.80 Å². The molecule has 290 valence electrons. The van der Waals surface area contributed by atoms with Crippen molar-refractivity contribution >= 4 is 56.9 Å². The van der Waals surface area contributed by atoms with E-state index in [0.29, 0.717) is 28.3 Å². The van der Waals surface area contributed by atoms with Crippen LogP contribution in [0, 0.1) is 18.8 Å². The summed E-state index contributed by atoms with van der Waals surface area (Å²) in [5.41, 5.74) is 1.02. The zero-order chi connectivity index (χ0) is 39.6. The molecule has 3 saturated heterocycles. The average molecular weight is 833 g/mol. The molecule has 3 heterocycles. The molecule has 3 aromatic rings. The number of aryl methyl sites for hydroxylation is 1. The molecule has 0 aromatic heterocycles. The number of benzene rings is 3. The summed E-state index contributed by atoms with van der Waals surface area (Å²) in [4.78, 5) is 62.4. The van der Waals surface area contributed by atoms with Gasteiger partial charge >= 0.3 is 5.97 Å². The first kappa shape index (κ1) is 40.4. The number of para-hydroxylation sites is 1. The van der Waals surface area contributed by atoms with Gasteiger partial charge in [0.25, 0.3) is 5.91 Å².